The van der Waals surface area contributed by atoms with Crippen molar-refractivity contribution < 1.29 is 4.79 Å². The smallest absolute Gasteiger partial charge is 0.220 e. The fraction of sp³-hybridized carbons (Fsp3) is 0.941. The van der Waals surface area contributed by atoms with Gasteiger partial charge in [-0.15, -0.1) is 0 Å². The number of nitrogens with one attached hydrogen (secondary N) is 2. The highest BCUT2D eigenvalue weighted by molar-refractivity contribution is 5.76. The summed E-state index contributed by atoms with van der Waals surface area (Å²) < 4.78 is 0. The highest BCUT2D eigenvalue weighted by Gasteiger charge is 2.25. The molecule has 2 aliphatic rings. The first-order valence-corrected chi connectivity index (χ1v) is 8.67. The minimum atomic E-state index is 0.265. The van der Waals surface area contributed by atoms with E-state index in [1.54, 1.807) is 0 Å². The number of carbonyl (C=O) groups excluding carboxylic acids is 1. The van der Waals surface area contributed by atoms with Crippen LogP contribution in [0.5, 0.6) is 0 Å². The Labute approximate surface area is 124 Å². The molecule has 0 aromatic rings. The molecule has 3 atom stereocenters. The van der Waals surface area contributed by atoms with Gasteiger partial charge in [-0.2, -0.15) is 0 Å². The van der Waals surface area contributed by atoms with Gasteiger partial charge < -0.3 is 10.6 Å². The largest absolute Gasteiger partial charge is 0.353 e. The lowest BCUT2D eigenvalue weighted by molar-refractivity contribution is -0.123. The zero-order valence-electron chi connectivity index (χ0n) is 13.3. The van der Waals surface area contributed by atoms with E-state index < -0.39 is 0 Å². The summed E-state index contributed by atoms with van der Waals surface area (Å²) in [6.07, 6.45) is 9.89. The van der Waals surface area contributed by atoms with E-state index in [9.17, 15) is 4.79 Å². The summed E-state index contributed by atoms with van der Waals surface area (Å²) in [4.78, 5) is 12.2. The van der Waals surface area contributed by atoms with Gasteiger partial charge in [0, 0.05) is 12.5 Å². The van der Waals surface area contributed by atoms with Gasteiger partial charge in [-0.05, 0) is 63.5 Å². The Morgan fingerprint density at radius 1 is 1.10 bits per heavy atom. The fourth-order valence-electron chi connectivity index (χ4n) is 3.89. The number of carbonyl (C=O) groups is 1. The lowest BCUT2D eigenvalue weighted by Crippen LogP contribution is -2.41. The second-order valence-electron chi connectivity index (χ2n) is 7.04. The SMILES string of the molecule is CC(CC(=O)N[C@H](C)C1CCCCC1)C1CCCNC1. The van der Waals surface area contributed by atoms with Crippen LogP contribution in [0.2, 0.25) is 0 Å². The molecule has 1 aliphatic carbocycles. The lowest BCUT2D eigenvalue weighted by Gasteiger charge is -2.30. The molecule has 116 valence electrons. The van der Waals surface area contributed by atoms with E-state index in [1.807, 2.05) is 0 Å². The maximum Gasteiger partial charge on any atom is 0.220 e. The molecule has 2 unspecified atom stereocenters. The quantitative estimate of drug-likeness (QED) is 0.812. The molecule has 3 heteroatoms. The van der Waals surface area contributed by atoms with Gasteiger partial charge in [-0.3, -0.25) is 4.79 Å². The third-order valence-corrected chi connectivity index (χ3v) is 5.39. The van der Waals surface area contributed by atoms with Crippen LogP contribution in [0.25, 0.3) is 0 Å². The van der Waals surface area contributed by atoms with Gasteiger partial charge in [0.1, 0.15) is 0 Å². The molecule has 0 aromatic carbocycles. The van der Waals surface area contributed by atoms with Crippen molar-refractivity contribution >= 4 is 5.91 Å². The predicted octanol–water partition coefficient (Wildman–Crippen LogP) is 3.10. The van der Waals surface area contributed by atoms with Crippen LogP contribution in [0.15, 0.2) is 0 Å². The van der Waals surface area contributed by atoms with Crippen LogP contribution in [-0.2, 0) is 4.79 Å². The van der Waals surface area contributed by atoms with Gasteiger partial charge >= 0.3 is 0 Å². The van der Waals surface area contributed by atoms with E-state index in [4.69, 9.17) is 0 Å². The van der Waals surface area contributed by atoms with Crippen molar-refractivity contribution in [2.24, 2.45) is 17.8 Å². The molecule has 20 heavy (non-hydrogen) atoms. The molecule has 2 N–H and O–H groups in total. The maximum absolute atomic E-state index is 12.2. The number of rotatable bonds is 5. The van der Waals surface area contributed by atoms with Gasteiger partial charge in [0.15, 0.2) is 0 Å². The first-order chi connectivity index (χ1) is 9.66. The van der Waals surface area contributed by atoms with Crippen LogP contribution in [0.4, 0.5) is 0 Å². The zero-order valence-corrected chi connectivity index (χ0v) is 13.3. The van der Waals surface area contributed by atoms with Crippen molar-refractivity contribution in [1.29, 1.82) is 0 Å². The summed E-state index contributed by atoms with van der Waals surface area (Å²) in [6.45, 7) is 6.67. The van der Waals surface area contributed by atoms with Gasteiger partial charge in [-0.1, -0.05) is 26.2 Å². The minimum Gasteiger partial charge on any atom is -0.353 e. The van der Waals surface area contributed by atoms with Crippen LogP contribution in [0.1, 0.15) is 65.2 Å². The number of piperidine rings is 1. The second kappa shape index (κ2) is 8.02. The third-order valence-electron chi connectivity index (χ3n) is 5.39. The summed E-state index contributed by atoms with van der Waals surface area (Å²) in [5, 5.41) is 6.71. The van der Waals surface area contributed by atoms with Crippen molar-refractivity contribution in [3.05, 3.63) is 0 Å². The van der Waals surface area contributed by atoms with Crippen LogP contribution in [-0.4, -0.2) is 25.0 Å². The lowest BCUT2D eigenvalue weighted by atomic mass is 9.83. The van der Waals surface area contributed by atoms with Crippen LogP contribution in [0, 0.1) is 17.8 Å². The molecular weight excluding hydrogens is 248 g/mol. The monoisotopic (exact) mass is 280 g/mol. The predicted molar refractivity (Wildman–Crippen MR) is 83.6 cm³/mol. The van der Waals surface area contributed by atoms with E-state index in [2.05, 4.69) is 24.5 Å². The minimum absolute atomic E-state index is 0.265. The molecule has 1 amide bonds. The second-order valence-corrected chi connectivity index (χ2v) is 7.04. The van der Waals surface area contributed by atoms with Gasteiger partial charge in [0.2, 0.25) is 5.91 Å². The topological polar surface area (TPSA) is 41.1 Å². The summed E-state index contributed by atoms with van der Waals surface area (Å²) in [7, 11) is 0. The summed E-state index contributed by atoms with van der Waals surface area (Å²) in [5.41, 5.74) is 0. The summed E-state index contributed by atoms with van der Waals surface area (Å²) in [5.74, 6) is 2.15. The van der Waals surface area contributed by atoms with E-state index in [-0.39, 0.29) is 5.91 Å². The molecule has 1 heterocycles. The van der Waals surface area contributed by atoms with Gasteiger partial charge in [0.25, 0.3) is 0 Å². The molecule has 1 saturated carbocycles. The first-order valence-electron chi connectivity index (χ1n) is 8.67. The van der Waals surface area contributed by atoms with Crippen molar-refractivity contribution in [2.45, 2.75) is 71.3 Å². The van der Waals surface area contributed by atoms with Crippen molar-refractivity contribution in [3.63, 3.8) is 0 Å². The Balaban J connectivity index is 1.70. The molecule has 1 saturated heterocycles. The zero-order chi connectivity index (χ0) is 14.4. The Kier molecular flexibility index (Phi) is 6.34. The van der Waals surface area contributed by atoms with Crippen molar-refractivity contribution in [2.75, 3.05) is 13.1 Å². The number of amides is 1. The number of hydrogen-bond donors (Lipinski definition) is 2. The van der Waals surface area contributed by atoms with Crippen LogP contribution in [0.3, 0.4) is 0 Å². The molecule has 0 aromatic heterocycles. The average molecular weight is 280 g/mol. The van der Waals surface area contributed by atoms with Crippen molar-refractivity contribution in [3.8, 4) is 0 Å². The molecule has 3 nitrogen and oxygen atoms in total. The van der Waals surface area contributed by atoms with E-state index in [0.717, 1.165) is 13.1 Å². The summed E-state index contributed by atoms with van der Waals surface area (Å²) >= 11 is 0. The Morgan fingerprint density at radius 2 is 1.80 bits per heavy atom. The Bertz CT molecular complexity index is 265. The van der Waals surface area contributed by atoms with E-state index >= 15 is 0 Å². The van der Waals surface area contributed by atoms with Gasteiger partial charge in [-0.25, -0.2) is 0 Å². The fourth-order valence-corrected chi connectivity index (χ4v) is 3.89. The molecule has 0 bridgehead atoms. The Morgan fingerprint density at radius 3 is 2.45 bits per heavy atom. The molecule has 0 radical (unpaired) electrons. The van der Waals surface area contributed by atoms with Crippen LogP contribution < -0.4 is 10.6 Å². The molecule has 2 fully saturated rings. The summed E-state index contributed by atoms with van der Waals surface area (Å²) in [6, 6.07) is 0.361. The highest BCUT2D eigenvalue weighted by atomic mass is 16.1. The Hall–Kier alpha value is -0.570. The maximum atomic E-state index is 12.2. The van der Waals surface area contributed by atoms with Crippen LogP contribution >= 0.6 is 0 Å². The number of hydrogen-bond acceptors (Lipinski definition) is 2. The van der Waals surface area contributed by atoms with E-state index in [0.29, 0.717) is 30.2 Å². The molecule has 1 aliphatic heterocycles. The normalized spacial score (nSPS) is 27.8. The van der Waals surface area contributed by atoms with Gasteiger partial charge in [0.05, 0.1) is 0 Å². The third kappa shape index (κ3) is 4.76. The molecular formula is C17H32N2O. The first kappa shape index (κ1) is 15.8. The highest BCUT2D eigenvalue weighted by Crippen LogP contribution is 2.27. The van der Waals surface area contributed by atoms with Crippen molar-refractivity contribution in [1.82, 2.24) is 10.6 Å². The molecule has 0 spiro atoms. The standard InChI is InChI=1S/C17H32N2O/c1-13(16-9-6-10-18-12-16)11-17(20)19-14(2)15-7-4-3-5-8-15/h13-16,18H,3-12H2,1-2H3,(H,19,20)/t13?,14-,16?/m1/s1. The van der Waals surface area contributed by atoms with E-state index in [1.165, 1.54) is 44.9 Å². The molecule has 2 rings (SSSR count). The average Bonchev–Trinajstić information content (AvgIpc) is 2.49.